The van der Waals surface area contributed by atoms with Gasteiger partial charge in [-0.1, -0.05) is 137 Å². The highest BCUT2D eigenvalue weighted by atomic mass is 32.2. The normalized spacial score (nSPS) is 13.8. The Morgan fingerprint density at radius 3 is 1.19 bits per heavy atom. The molecule has 0 aromatic heterocycles. The largest absolute Gasteiger partial charge is 0.335 e. The summed E-state index contributed by atoms with van der Waals surface area (Å²) in [4.78, 5) is 18.1. The van der Waals surface area contributed by atoms with Crippen LogP contribution in [0.5, 0.6) is 0 Å². The van der Waals surface area contributed by atoms with Crippen LogP contribution in [-0.2, 0) is 30.5 Å². The SMILES string of the molecule is CCC(CC(C)c1ccccc1)c1ccc(CP(=O)(O)O)cc1.CCOP(=O)(Cc1ccc(C(CC)CC(C)c2ccccc2)cc1)OCC.CSC. The van der Waals surface area contributed by atoms with Crippen molar-refractivity contribution in [3.8, 4) is 0 Å². The minimum absolute atomic E-state index is 0.190. The molecule has 2 N–H and O–H groups in total. The van der Waals surface area contributed by atoms with E-state index in [1.54, 1.807) is 11.8 Å². The maximum atomic E-state index is 12.7. The van der Waals surface area contributed by atoms with Gasteiger partial charge in [-0.2, -0.15) is 11.8 Å². The second-order valence-corrected chi connectivity index (χ2v) is 18.1. The van der Waals surface area contributed by atoms with Crippen molar-refractivity contribution in [1.29, 1.82) is 0 Å². The topological polar surface area (TPSA) is 93.1 Å². The van der Waals surface area contributed by atoms with Crippen molar-refractivity contribution in [2.45, 2.75) is 103 Å². The lowest BCUT2D eigenvalue weighted by atomic mass is 9.84. The summed E-state index contributed by atoms with van der Waals surface area (Å²) >= 11 is 1.75. The van der Waals surface area contributed by atoms with Crippen LogP contribution in [0.25, 0.3) is 0 Å². The fourth-order valence-electron chi connectivity index (χ4n) is 6.54. The van der Waals surface area contributed by atoms with Crippen molar-refractivity contribution in [2.24, 2.45) is 0 Å². The molecule has 9 heteroatoms. The van der Waals surface area contributed by atoms with E-state index in [4.69, 9.17) is 18.8 Å². The zero-order valence-electron chi connectivity index (χ0n) is 33.2. The number of hydrogen-bond acceptors (Lipinski definition) is 5. The molecule has 4 atom stereocenters. The number of hydrogen-bond donors (Lipinski definition) is 2. The van der Waals surface area contributed by atoms with E-state index in [-0.39, 0.29) is 6.16 Å². The lowest BCUT2D eigenvalue weighted by molar-refractivity contribution is 0.219. The molecule has 0 aliphatic rings. The van der Waals surface area contributed by atoms with Gasteiger partial charge in [0.25, 0.3) is 0 Å². The summed E-state index contributed by atoms with van der Waals surface area (Å²) in [6.45, 7) is 13.5. The van der Waals surface area contributed by atoms with Gasteiger partial charge in [-0.25, -0.2) is 0 Å². The monoisotopic (exact) mass is 782 g/mol. The van der Waals surface area contributed by atoms with Crippen LogP contribution in [0.1, 0.15) is 124 Å². The molecular formula is C44H64O6P2S. The van der Waals surface area contributed by atoms with Crippen molar-refractivity contribution in [3.05, 3.63) is 143 Å². The fraction of sp³-hybridized carbons (Fsp3) is 0.455. The van der Waals surface area contributed by atoms with Gasteiger partial charge in [-0.05, 0) is 109 Å². The van der Waals surface area contributed by atoms with Gasteiger partial charge in [0.15, 0.2) is 0 Å². The third-order valence-electron chi connectivity index (χ3n) is 9.32. The molecule has 0 heterocycles. The quantitative estimate of drug-likeness (QED) is 0.0971. The Balaban J connectivity index is 0.000000345. The molecule has 0 amide bonds. The van der Waals surface area contributed by atoms with Crippen LogP contribution >= 0.6 is 27.0 Å². The molecule has 4 aromatic rings. The van der Waals surface area contributed by atoms with Gasteiger partial charge in [0.2, 0.25) is 0 Å². The highest BCUT2D eigenvalue weighted by molar-refractivity contribution is 7.97. The Hall–Kier alpha value is -2.47. The van der Waals surface area contributed by atoms with Crippen molar-refractivity contribution in [2.75, 3.05) is 25.7 Å². The molecule has 0 fully saturated rings. The lowest BCUT2D eigenvalue weighted by Crippen LogP contribution is -2.04. The molecule has 0 aliphatic carbocycles. The van der Waals surface area contributed by atoms with Gasteiger partial charge < -0.3 is 18.8 Å². The summed E-state index contributed by atoms with van der Waals surface area (Å²) in [6.07, 6.45) is 8.56. The number of rotatable bonds is 18. The van der Waals surface area contributed by atoms with Crippen molar-refractivity contribution < 1.29 is 28.0 Å². The van der Waals surface area contributed by atoms with E-state index in [1.807, 2.05) is 56.7 Å². The van der Waals surface area contributed by atoms with Crippen molar-refractivity contribution in [3.63, 3.8) is 0 Å². The van der Waals surface area contributed by atoms with E-state index in [1.165, 1.54) is 22.3 Å². The maximum absolute atomic E-state index is 12.7. The van der Waals surface area contributed by atoms with Crippen LogP contribution < -0.4 is 0 Å². The summed E-state index contributed by atoms with van der Waals surface area (Å²) in [5.74, 6) is 1.97. The van der Waals surface area contributed by atoms with E-state index in [9.17, 15) is 9.13 Å². The third-order valence-corrected chi connectivity index (χ3v) is 12.2. The molecule has 0 aliphatic heterocycles. The van der Waals surface area contributed by atoms with Gasteiger partial charge in [-0.3, -0.25) is 9.13 Å². The molecule has 4 unspecified atom stereocenters. The highest BCUT2D eigenvalue weighted by Gasteiger charge is 2.24. The van der Waals surface area contributed by atoms with Gasteiger partial charge in [0.05, 0.1) is 25.5 Å². The fourth-order valence-corrected chi connectivity index (χ4v) is 8.93. The van der Waals surface area contributed by atoms with E-state index in [0.717, 1.165) is 31.2 Å². The summed E-state index contributed by atoms with van der Waals surface area (Å²) in [6, 6.07) is 37.4. The Morgan fingerprint density at radius 2 is 0.887 bits per heavy atom. The smallest absolute Gasteiger partial charge is 0.324 e. The lowest BCUT2D eigenvalue weighted by Gasteiger charge is -2.21. The van der Waals surface area contributed by atoms with Crippen molar-refractivity contribution in [1.82, 2.24) is 0 Å². The molecule has 0 radical (unpaired) electrons. The first kappa shape index (κ1) is 46.7. The second-order valence-electron chi connectivity index (χ2n) is 13.6. The van der Waals surface area contributed by atoms with Gasteiger partial charge in [0.1, 0.15) is 0 Å². The van der Waals surface area contributed by atoms with Crippen LogP contribution in [0.2, 0.25) is 0 Å². The van der Waals surface area contributed by atoms with E-state index in [0.29, 0.717) is 48.6 Å². The molecule has 0 spiro atoms. The summed E-state index contributed by atoms with van der Waals surface area (Å²) in [5.41, 5.74) is 7.01. The third kappa shape index (κ3) is 17.7. The first-order valence-corrected chi connectivity index (χ1v) is 24.1. The molecule has 292 valence electrons. The van der Waals surface area contributed by atoms with Crippen molar-refractivity contribution >= 4 is 27.0 Å². The Morgan fingerprint density at radius 1 is 0.547 bits per heavy atom. The van der Waals surface area contributed by atoms with E-state index < -0.39 is 15.2 Å². The minimum Gasteiger partial charge on any atom is -0.324 e. The van der Waals surface area contributed by atoms with Crippen LogP contribution in [-0.4, -0.2) is 35.5 Å². The Bertz CT molecular complexity index is 1620. The van der Waals surface area contributed by atoms with Crippen LogP contribution in [0.3, 0.4) is 0 Å². The predicted octanol–water partition coefficient (Wildman–Crippen LogP) is 13.2. The zero-order chi connectivity index (χ0) is 39.3. The van der Waals surface area contributed by atoms with Crippen LogP contribution in [0.15, 0.2) is 109 Å². The molecule has 0 bridgehead atoms. The molecule has 4 aromatic carbocycles. The Labute approximate surface area is 325 Å². The highest BCUT2D eigenvalue weighted by Crippen LogP contribution is 2.51. The number of benzene rings is 4. The second kappa shape index (κ2) is 24.8. The van der Waals surface area contributed by atoms with E-state index >= 15 is 0 Å². The molecule has 4 rings (SSSR count). The van der Waals surface area contributed by atoms with Gasteiger partial charge in [0, 0.05) is 0 Å². The standard InChI is InChI=1S/C23H33O3P.C19H25O3P.C2H6S/c1-5-21(17-19(4)22-11-9-8-10-12-22)23-15-13-20(14-16-23)18-27(24,25-6-2)26-7-3;1-3-17(13-15(2)18-7-5-4-6-8-18)19-11-9-16(10-12-19)14-23(20,21)22;1-3-2/h8-16,19,21H,5-7,17-18H2,1-4H3;4-12,15,17H,3,13-14H2,1-2H3,(H2,20,21,22);1-2H3. The summed E-state index contributed by atoms with van der Waals surface area (Å²) in [7, 11) is -7.05. The molecule has 0 saturated heterocycles. The first-order valence-electron chi connectivity index (χ1n) is 18.9. The molecular weight excluding hydrogens is 718 g/mol. The minimum atomic E-state index is -4.00. The number of thioether (sulfide) groups is 1. The average molecular weight is 783 g/mol. The first-order chi connectivity index (χ1) is 25.3. The zero-order valence-corrected chi connectivity index (χ0v) is 35.8. The molecule has 6 nitrogen and oxygen atoms in total. The van der Waals surface area contributed by atoms with E-state index in [2.05, 4.69) is 107 Å². The molecule has 53 heavy (non-hydrogen) atoms. The predicted molar refractivity (Wildman–Crippen MR) is 228 cm³/mol. The summed E-state index contributed by atoms with van der Waals surface area (Å²) < 4.78 is 34.6. The maximum Gasteiger partial charge on any atom is 0.335 e. The van der Waals surface area contributed by atoms with Crippen LogP contribution in [0.4, 0.5) is 0 Å². The van der Waals surface area contributed by atoms with Crippen LogP contribution in [0, 0.1) is 0 Å². The summed E-state index contributed by atoms with van der Waals surface area (Å²) in [5, 5.41) is 0. The van der Waals surface area contributed by atoms with Gasteiger partial charge >= 0.3 is 15.2 Å². The van der Waals surface area contributed by atoms with Gasteiger partial charge in [-0.15, -0.1) is 0 Å². The molecule has 0 saturated carbocycles. The Kier molecular flexibility index (Phi) is 21.9. The average Bonchev–Trinajstić information content (AvgIpc) is 3.14.